The molecule has 0 aliphatic rings. The molecule has 0 fully saturated rings. The summed E-state index contributed by atoms with van der Waals surface area (Å²) in [5.41, 5.74) is 1.25. The van der Waals surface area contributed by atoms with Crippen molar-refractivity contribution in [3.63, 3.8) is 0 Å². The van der Waals surface area contributed by atoms with E-state index < -0.39 is 17.6 Å². The lowest BCUT2D eigenvalue weighted by Crippen LogP contribution is -1.82. The van der Waals surface area contributed by atoms with E-state index in [1.165, 1.54) is 0 Å². The first kappa shape index (κ1) is 9.83. The van der Waals surface area contributed by atoms with Gasteiger partial charge in [0, 0.05) is 5.56 Å². The van der Waals surface area contributed by atoms with Crippen molar-refractivity contribution < 1.29 is 13.2 Å². The van der Waals surface area contributed by atoms with Crippen molar-refractivity contribution in [2.75, 3.05) is 0 Å². The molecule has 0 amide bonds. The predicted octanol–water partition coefficient (Wildman–Crippen LogP) is 3.41. The van der Waals surface area contributed by atoms with Crippen molar-refractivity contribution in [1.82, 2.24) is 4.98 Å². The number of hydrogen-bond acceptors (Lipinski definition) is 0. The minimum Gasteiger partial charge on any atom is -0.326 e. The third kappa shape index (κ3) is 1.63. The van der Waals surface area contributed by atoms with Crippen molar-refractivity contribution in [3.05, 3.63) is 47.4 Å². The first-order chi connectivity index (χ1) is 7.09. The zero-order chi connectivity index (χ0) is 11.0. The Labute approximate surface area is 84.6 Å². The first-order valence-corrected chi connectivity index (χ1v) is 4.39. The van der Waals surface area contributed by atoms with Crippen molar-refractivity contribution in [2.45, 2.75) is 6.92 Å². The highest BCUT2D eigenvalue weighted by atomic mass is 19.2. The summed E-state index contributed by atoms with van der Waals surface area (Å²) in [4.78, 5) is 2.03. The minimum absolute atomic E-state index is 0.162. The van der Waals surface area contributed by atoms with Crippen molar-refractivity contribution in [1.29, 1.82) is 0 Å². The van der Waals surface area contributed by atoms with Crippen LogP contribution in [0.1, 0.15) is 5.56 Å². The molecule has 1 nitrogen and oxygen atoms in total. The fraction of sp³-hybridized carbons (Fsp3) is 0.0909. The smallest absolute Gasteiger partial charge is 0.230 e. The summed E-state index contributed by atoms with van der Waals surface area (Å²) < 4.78 is 38.6. The number of nitrogens with one attached hydrogen (secondary N) is 1. The van der Waals surface area contributed by atoms with Crippen LogP contribution in [-0.2, 0) is 0 Å². The van der Waals surface area contributed by atoms with Gasteiger partial charge in [-0.3, -0.25) is 0 Å². The van der Waals surface area contributed by atoms with Crippen LogP contribution in [0.2, 0.25) is 0 Å². The maximum atomic E-state index is 13.2. The van der Waals surface area contributed by atoms with Crippen LogP contribution in [0.15, 0.2) is 24.3 Å². The second-order valence-electron chi connectivity index (χ2n) is 3.31. The minimum atomic E-state index is -1.47. The Bertz CT molecular complexity index is 485. The number of aromatic amines is 1. The van der Waals surface area contributed by atoms with Crippen molar-refractivity contribution in [3.8, 4) is 11.3 Å². The van der Waals surface area contributed by atoms with E-state index >= 15 is 0 Å². The van der Waals surface area contributed by atoms with E-state index in [2.05, 4.69) is 0 Å². The molecule has 78 valence electrons. The molecule has 0 aliphatic heterocycles. The third-order valence-electron chi connectivity index (χ3n) is 2.18. The van der Waals surface area contributed by atoms with E-state index in [0.29, 0.717) is 5.56 Å². The Morgan fingerprint density at radius 3 is 2.00 bits per heavy atom. The number of benzene rings is 1. The molecule has 0 spiro atoms. The van der Waals surface area contributed by atoms with E-state index in [0.717, 1.165) is 5.56 Å². The van der Waals surface area contributed by atoms with E-state index in [1.807, 2.05) is 11.9 Å². The molecule has 0 saturated carbocycles. The molecular weight excluding hydrogens is 203 g/mol. The topological polar surface area (TPSA) is 15.8 Å². The molecular formula is C11H8F3N. The molecule has 1 heterocycles. The summed E-state index contributed by atoms with van der Waals surface area (Å²) >= 11 is 0. The molecule has 0 atom stereocenters. The lowest BCUT2D eigenvalue weighted by atomic mass is 10.1. The highest BCUT2D eigenvalue weighted by Gasteiger charge is 2.18. The molecule has 1 N–H and O–H groups in total. The average molecular weight is 211 g/mol. The molecule has 0 bridgehead atoms. The highest BCUT2D eigenvalue weighted by Crippen LogP contribution is 2.25. The summed E-state index contributed by atoms with van der Waals surface area (Å²) in [6.45, 7) is 1.87. The zero-order valence-electron chi connectivity index (χ0n) is 7.94. The maximum Gasteiger partial charge on any atom is 0.230 e. The van der Waals surface area contributed by atoms with Crippen LogP contribution in [0.5, 0.6) is 0 Å². The Morgan fingerprint density at radius 1 is 0.933 bits per heavy atom. The number of aryl methyl sites for hydroxylation is 1. The summed E-state index contributed by atoms with van der Waals surface area (Å²) in [6.07, 6.45) is 0. The number of rotatable bonds is 1. The normalized spacial score (nSPS) is 10.7. The molecule has 0 radical (unpaired) electrons. The van der Waals surface area contributed by atoms with Crippen LogP contribution in [0.4, 0.5) is 13.2 Å². The van der Waals surface area contributed by atoms with Gasteiger partial charge in [0.1, 0.15) is 0 Å². The molecule has 15 heavy (non-hydrogen) atoms. The fourth-order valence-electron chi connectivity index (χ4n) is 1.34. The van der Waals surface area contributed by atoms with Gasteiger partial charge in [-0.1, -0.05) is 29.8 Å². The van der Waals surface area contributed by atoms with Gasteiger partial charge in [0.15, 0.2) is 5.82 Å². The van der Waals surface area contributed by atoms with Crippen molar-refractivity contribution >= 4 is 0 Å². The number of hydrogen-bond donors (Lipinski definition) is 1. The Balaban J connectivity index is 2.54. The Hall–Kier alpha value is -1.71. The monoisotopic (exact) mass is 211 g/mol. The molecule has 1 aromatic carbocycles. The Morgan fingerprint density at radius 2 is 1.53 bits per heavy atom. The first-order valence-electron chi connectivity index (χ1n) is 4.39. The average Bonchev–Trinajstić information content (AvgIpc) is 2.47. The zero-order valence-corrected chi connectivity index (χ0v) is 7.94. The van der Waals surface area contributed by atoms with Gasteiger partial charge >= 0.3 is 0 Å². The molecule has 0 aliphatic carbocycles. The van der Waals surface area contributed by atoms with Gasteiger partial charge in [-0.15, -0.1) is 0 Å². The summed E-state index contributed by atoms with van der Waals surface area (Å²) in [5, 5.41) is 0. The molecule has 1 aromatic heterocycles. The van der Waals surface area contributed by atoms with Crippen molar-refractivity contribution in [2.24, 2.45) is 0 Å². The van der Waals surface area contributed by atoms with Gasteiger partial charge in [-0.2, -0.15) is 8.78 Å². The highest BCUT2D eigenvalue weighted by molar-refractivity contribution is 5.60. The van der Waals surface area contributed by atoms with Gasteiger partial charge in [0.05, 0.1) is 5.69 Å². The lowest BCUT2D eigenvalue weighted by Gasteiger charge is -1.98. The third-order valence-corrected chi connectivity index (χ3v) is 2.18. The molecule has 4 heteroatoms. The van der Waals surface area contributed by atoms with Crippen LogP contribution in [0.25, 0.3) is 11.3 Å². The SMILES string of the molecule is Cc1ccc(-c2[nH]c(F)c(F)c2F)cc1. The largest absolute Gasteiger partial charge is 0.326 e. The molecule has 0 saturated heterocycles. The second kappa shape index (κ2) is 3.46. The maximum absolute atomic E-state index is 13.2. The fourth-order valence-corrected chi connectivity index (χ4v) is 1.34. The summed E-state index contributed by atoms with van der Waals surface area (Å²) in [7, 11) is 0. The lowest BCUT2D eigenvalue weighted by molar-refractivity contribution is 0.453. The van der Waals surface area contributed by atoms with E-state index in [1.54, 1.807) is 24.3 Å². The summed E-state index contributed by atoms with van der Waals surface area (Å²) in [6, 6.07) is 6.68. The van der Waals surface area contributed by atoms with Gasteiger partial charge in [-0.05, 0) is 6.92 Å². The molecule has 2 aromatic rings. The van der Waals surface area contributed by atoms with Crippen LogP contribution in [0, 0.1) is 24.5 Å². The molecule has 2 rings (SSSR count). The number of halogens is 3. The predicted molar refractivity (Wildman–Crippen MR) is 50.8 cm³/mol. The number of aromatic nitrogens is 1. The van der Waals surface area contributed by atoms with E-state index in [9.17, 15) is 13.2 Å². The second-order valence-corrected chi connectivity index (χ2v) is 3.31. The van der Waals surface area contributed by atoms with Gasteiger partial charge in [0.25, 0.3) is 0 Å². The standard InChI is InChI=1S/C11H8F3N/c1-6-2-4-7(5-3-6)10-8(12)9(13)11(14)15-10/h2-5,15H,1H3. The van der Waals surface area contributed by atoms with E-state index in [-0.39, 0.29) is 5.69 Å². The Kier molecular flexibility index (Phi) is 2.26. The summed E-state index contributed by atoms with van der Waals surface area (Å²) in [5.74, 6) is -3.93. The quantitative estimate of drug-likeness (QED) is 0.744. The van der Waals surface area contributed by atoms with Crippen LogP contribution >= 0.6 is 0 Å². The van der Waals surface area contributed by atoms with Crippen LogP contribution < -0.4 is 0 Å². The van der Waals surface area contributed by atoms with Gasteiger partial charge in [0.2, 0.25) is 11.8 Å². The van der Waals surface area contributed by atoms with Gasteiger partial charge < -0.3 is 4.98 Å². The van der Waals surface area contributed by atoms with Gasteiger partial charge in [-0.25, -0.2) is 4.39 Å². The van der Waals surface area contributed by atoms with Crippen LogP contribution in [0.3, 0.4) is 0 Å². The van der Waals surface area contributed by atoms with E-state index in [4.69, 9.17) is 0 Å². The number of H-pyrrole nitrogens is 1. The van der Waals surface area contributed by atoms with Crippen LogP contribution in [-0.4, -0.2) is 4.98 Å². The molecule has 0 unspecified atom stereocenters.